The summed E-state index contributed by atoms with van der Waals surface area (Å²) in [6, 6.07) is 10.9. The highest BCUT2D eigenvalue weighted by Crippen LogP contribution is 2.44. The zero-order chi connectivity index (χ0) is 17.6. The number of aromatic hydroxyl groups is 1. The summed E-state index contributed by atoms with van der Waals surface area (Å²) in [7, 11) is 3.27. The van der Waals surface area contributed by atoms with E-state index in [0.717, 1.165) is 38.6 Å². The molecule has 0 fully saturated rings. The molecule has 0 atom stereocenters. The van der Waals surface area contributed by atoms with Crippen LogP contribution >= 0.6 is 0 Å². The van der Waals surface area contributed by atoms with Crippen molar-refractivity contribution in [3.05, 3.63) is 48.3 Å². The first-order valence-electron chi connectivity index (χ1n) is 7.95. The quantitative estimate of drug-likeness (QED) is 0.582. The average molecular weight is 334 g/mol. The molecule has 0 spiro atoms. The van der Waals surface area contributed by atoms with Gasteiger partial charge in [-0.15, -0.1) is 0 Å². The Morgan fingerprint density at radius 1 is 1.00 bits per heavy atom. The molecule has 0 amide bonds. The number of aromatic amines is 1. The minimum Gasteiger partial charge on any atom is -0.508 e. The van der Waals surface area contributed by atoms with Crippen LogP contribution in [0.15, 0.2) is 42.6 Å². The Morgan fingerprint density at radius 3 is 2.40 bits per heavy atom. The Kier molecular flexibility index (Phi) is 3.50. The Balaban J connectivity index is 2.23. The number of H-pyrrole nitrogens is 1. The predicted octanol–water partition coefficient (Wildman–Crippen LogP) is 4.41. The molecular weight excluding hydrogens is 316 g/mol. The maximum Gasteiger partial charge on any atom is 0.148 e. The highest BCUT2D eigenvalue weighted by molar-refractivity contribution is 6.15. The highest BCUT2D eigenvalue weighted by atomic mass is 16.5. The Morgan fingerprint density at radius 2 is 1.72 bits per heavy atom. The van der Waals surface area contributed by atoms with Crippen LogP contribution in [0.2, 0.25) is 0 Å². The van der Waals surface area contributed by atoms with Crippen molar-refractivity contribution in [1.29, 1.82) is 0 Å². The number of aryl methyl sites for hydroxylation is 1. The molecule has 0 bridgehead atoms. The van der Waals surface area contributed by atoms with E-state index < -0.39 is 0 Å². The maximum absolute atomic E-state index is 9.63. The van der Waals surface area contributed by atoms with Crippen LogP contribution in [0.25, 0.3) is 32.9 Å². The van der Waals surface area contributed by atoms with Crippen molar-refractivity contribution in [2.24, 2.45) is 0 Å². The fraction of sp³-hybridized carbons (Fsp3) is 0.150. The molecule has 5 nitrogen and oxygen atoms in total. The van der Waals surface area contributed by atoms with Gasteiger partial charge in [-0.05, 0) is 30.7 Å². The lowest BCUT2D eigenvalue weighted by molar-refractivity contribution is 0.398. The van der Waals surface area contributed by atoms with Gasteiger partial charge in [-0.25, -0.2) is 4.98 Å². The van der Waals surface area contributed by atoms with E-state index in [2.05, 4.69) is 4.98 Å². The van der Waals surface area contributed by atoms with Crippen molar-refractivity contribution in [3.8, 4) is 28.4 Å². The monoisotopic (exact) mass is 334 g/mol. The summed E-state index contributed by atoms with van der Waals surface area (Å²) in [5.74, 6) is 1.57. The van der Waals surface area contributed by atoms with E-state index in [1.165, 1.54) is 0 Å². The van der Waals surface area contributed by atoms with Crippen LogP contribution in [-0.2, 0) is 0 Å². The van der Waals surface area contributed by atoms with Gasteiger partial charge in [0.2, 0.25) is 0 Å². The van der Waals surface area contributed by atoms with Crippen LogP contribution in [0, 0.1) is 6.92 Å². The van der Waals surface area contributed by atoms with E-state index in [4.69, 9.17) is 14.5 Å². The third-order valence-corrected chi connectivity index (χ3v) is 4.49. The molecule has 25 heavy (non-hydrogen) atoms. The second kappa shape index (κ2) is 5.70. The smallest absolute Gasteiger partial charge is 0.148 e. The van der Waals surface area contributed by atoms with E-state index in [-0.39, 0.29) is 5.75 Å². The molecule has 0 aliphatic rings. The molecule has 2 aromatic carbocycles. The summed E-state index contributed by atoms with van der Waals surface area (Å²) >= 11 is 0. The highest BCUT2D eigenvalue weighted by Gasteiger charge is 2.20. The van der Waals surface area contributed by atoms with E-state index in [1.807, 2.05) is 37.4 Å². The van der Waals surface area contributed by atoms with Gasteiger partial charge in [0.25, 0.3) is 0 Å². The molecule has 2 aromatic heterocycles. The molecule has 0 aliphatic carbocycles. The number of fused-ring (bicyclic) bond motifs is 3. The summed E-state index contributed by atoms with van der Waals surface area (Å²) in [6.07, 6.45) is 1.91. The standard InChI is InChI=1S/C20H18N2O3/c1-11-14-8-9-21-19(14)18-17(12-4-6-13(23)7-5-12)15(24-2)10-16(25-3)20(18)22-11/h4-10,21,23H,1-3H3. The number of hydrogen-bond donors (Lipinski definition) is 2. The molecule has 0 saturated heterocycles. The minimum absolute atomic E-state index is 0.222. The molecule has 0 aliphatic heterocycles. The predicted molar refractivity (Wildman–Crippen MR) is 98.5 cm³/mol. The maximum atomic E-state index is 9.63. The van der Waals surface area contributed by atoms with Crippen LogP contribution < -0.4 is 9.47 Å². The lowest BCUT2D eigenvalue weighted by atomic mass is 9.97. The number of benzene rings is 2. The van der Waals surface area contributed by atoms with Crippen molar-refractivity contribution in [2.45, 2.75) is 6.92 Å². The molecule has 4 aromatic rings. The molecular formula is C20H18N2O3. The minimum atomic E-state index is 0.222. The van der Waals surface area contributed by atoms with Gasteiger partial charge in [0.1, 0.15) is 22.8 Å². The van der Waals surface area contributed by atoms with Crippen LogP contribution in [0.3, 0.4) is 0 Å². The molecule has 4 rings (SSSR count). The first kappa shape index (κ1) is 15.3. The van der Waals surface area contributed by atoms with Crippen LogP contribution in [-0.4, -0.2) is 29.3 Å². The summed E-state index contributed by atoms with van der Waals surface area (Å²) in [5.41, 5.74) is 4.55. The zero-order valence-electron chi connectivity index (χ0n) is 14.3. The van der Waals surface area contributed by atoms with E-state index in [9.17, 15) is 5.11 Å². The topological polar surface area (TPSA) is 67.4 Å². The summed E-state index contributed by atoms with van der Waals surface area (Å²) in [4.78, 5) is 8.10. The Labute approximate surface area is 144 Å². The van der Waals surface area contributed by atoms with Gasteiger partial charge in [0, 0.05) is 34.3 Å². The third-order valence-electron chi connectivity index (χ3n) is 4.49. The van der Waals surface area contributed by atoms with Gasteiger partial charge in [-0.1, -0.05) is 12.1 Å². The number of rotatable bonds is 3. The van der Waals surface area contributed by atoms with E-state index >= 15 is 0 Å². The largest absolute Gasteiger partial charge is 0.508 e. The number of nitrogens with one attached hydrogen (secondary N) is 1. The first-order chi connectivity index (χ1) is 12.1. The fourth-order valence-electron chi connectivity index (χ4n) is 3.32. The molecule has 126 valence electrons. The van der Waals surface area contributed by atoms with Gasteiger partial charge < -0.3 is 19.6 Å². The molecule has 0 saturated carbocycles. The van der Waals surface area contributed by atoms with Gasteiger partial charge in [-0.2, -0.15) is 0 Å². The van der Waals surface area contributed by atoms with Crippen molar-refractivity contribution in [3.63, 3.8) is 0 Å². The number of hydrogen-bond acceptors (Lipinski definition) is 4. The molecule has 0 radical (unpaired) electrons. The number of ether oxygens (including phenoxy) is 2. The molecule has 2 heterocycles. The fourth-order valence-corrected chi connectivity index (χ4v) is 3.32. The van der Waals surface area contributed by atoms with Gasteiger partial charge in [0.05, 0.1) is 19.7 Å². The molecule has 0 unspecified atom stereocenters. The van der Waals surface area contributed by atoms with Gasteiger partial charge in [0.15, 0.2) is 0 Å². The summed E-state index contributed by atoms with van der Waals surface area (Å²) in [5, 5.41) is 11.6. The van der Waals surface area contributed by atoms with E-state index in [1.54, 1.807) is 26.4 Å². The zero-order valence-corrected chi connectivity index (χ0v) is 14.3. The Bertz CT molecular complexity index is 1080. The average Bonchev–Trinajstić information content (AvgIpc) is 3.12. The lowest BCUT2D eigenvalue weighted by Crippen LogP contribution is -1.97. The Hall–Kier alpha value is -3.21. The van der Waals surface area contributed by atoms with Crippen LogP contribution in [0.5, 0.6) is 17.2 Å². The summed E-state index contributed by atoms with van der Waals surface area (Å²) < 4.78 is 11.2. The van der Waals surface area contributed by atoms with E-state index in [0.29, 0.717) is 11.5 Å². The normalized spacial score (nSPS) is 11.2. The van der Waals surface area contributed by atoms with Crippen LogP contribution in [0.4, 0.5) is 0 Å². The number of pyridine rings is 1. The molecule has 5 heteroatoms. The van der Waals surface area contributed by atoms with Crippen molar-refractivity contribution >= 4 is 21.8 Å². The lowest BCUT2D eigenvalue weighted by Gasteiger charge is -2.16. The van der Waals surface area contributed by atoms with Gasteiger partial charge in [-0.3, -0.25) is 0 Å². The number of nitrogens with zero attached hydrogens (tertiary/aromatic N) is 1. The number of phenolic OH excluding ortho intramolecular Hbond substituents is 1. The van der Waals surface area contributed by atoms with Crippen molar-refractivity contribution < 1.29 is 14.6 Å². The third kappa shape index (κ3) is 2.28. The van der Waals surface area contributed by atoms with Crippen LogP contribution in [0.1, 0.15) is 5.69 Å². The van der Waals surface area contributed by atoms with Crippen molar-refractivity contribution in [2.75, 3.05) is 14.2 Å². The number of phenols is 1. The second-order valence-electron chi connectivity index (χ2n) is 5.89. The number of methoxy groups -OCH3 is 2. The summed E-state index contributed by atoms with van der Waals surface area (Å²) in [6.45, 7) is 1.99. The van der Waals surface area contributed by atoms with Crippen molar-refractivity contribution in [1.82, 2.24) is 9.97 Å². The molecule has 2 N–H and O–H groups in total. The first-order valence-corrected chi connectivity index (χ1v) is 7.95. The number of aromatic nitrogens is 2. The SMILES string of the molecule is COc1cc(OC)c2nc(C)c3cc[nH]c3c2c1-c1ccc(O)cc1. The van der Waals surface area contributed by atoms with Gasteiger partial charge >= 0.3 is 0 Å². The second-order valence-corrected chi connectivity index (χ2v) is 5.89.